The number of thioether (sulfide) groups is 1. The summed E-state index contributed by atoms with van der Waals surface area (Å²) in [6.07, 6.45) is 2.41. The minimum Gasteiger partial charge on any atom is -0.298 e. The van der Waals surface area contributed by atoms with Gasteiger partial charge in [-0.15, -0.1) is 23.4 Å². The van der Waals surface area contributed by atoms with Crippen LogP contribution in [0.25, 0.3) is 0 Å². The summed E-state index contributed by atoms with van der Waals surface area (Å²) in [6.45, 7) is 0. The van der Waals surface area contributed by atoms with Gasteiger partial charge in [0.25, 0.3) is 0 Å². The third-order valence-electron chi connectivity index (χ3n) is 1.79. The molecule has 0 aliphatic heterocycles. The molecule has 1 aromatic rings. The first kappa shape index (κ1) is 12.1. The quantitative estimate of drug-likeness (QED) is 0.624. The van der Waals surface area contributed by atoms with E-state index in [0.717, 1.165) is 14.9 Å². The number of hydrogen-bond acceptors (Lipinski definition) is 2. The van der Waals surface area contributed by atoms with Crippen LogP contribution < -0.4 is 0 Å². The van der Waals surface area contributed by atoms with Crippen molar-refractivity contribution >= 4 is 45.1 Å². The first-order valence-electron chi connectivity index (χ1n) is 4.07. The molecule has 0 aromatic heterocycles. The molecule has 1 nitrogen and oxygen atoms in total. The van der Waals surface area contributed by atoms with Gasteiger partial charge in [-0.25, -0.2) is 0 Å². The van der Waals surface area contributed by atoms with Crippen molar-refractivity contribution in [3.05, 3.63) is 28.2 Å². The van der Waals surface area contributed by atoms with Gasteiger partial charge in [-0.3, -0.25) is 4.79 Å². The first-order valence-corrected chi connectivity index (χ1v) is 6.62. The molecule has 14 heavy (non-hydrogen) atoms. The molecular weight excluding hydrogens is 284 g/mol. The zero-order valence-corrected chi connectivity index (χ0v) is 10.9. The Balaban J connectivity index is 2.89. The van der Waals surface area contributed by atoms with Crippen molar-refractivity contribution in [2.24, 2.45) is 0 Å². The molecular formula is C10H10BrClOS. The number of alkyl halides is 1. The minimum atomic E-state index is 0.0469. The molecule has 0 fully saturated rings. The highest BCUT2D eigenvalue weighted by Crippen LogP contribution is 2.23. The van der Waals surface area contributed by atoms with Gasteiger partial charge in [0.15, 0.2) is 5.78 Å². The Kier molecular flexibility index (Phi) is 4.99. The van der Waals surface area contributed by atoms with Crippen molar-refractivity contribution < 1.29 is 4.79 Å². The predicted octanol–water partition coefficient (Wildman–Crippen LogP) is 3.52. The lowest BCUT2D eigenvalue weighted by Gasteiger charge is -2.04. The van der Waals surface area contributed by atoms with Crippen LogP contribution in [0.5, 0.6) is 0 Å². The van der Waals surface area contributed by atoms with Gasteiger partial charge in [0, 0.05) is 15.8 Å². The van der Waals surface area contributed by atoms with Crippen LogP contribution in [0.15, 0.2) is 27.6 Å². The van der Waals surface area contributed by atoms with Crippen LogP contribution in [0, 0.1) is 0 Å². The van der Waals surface area contributed by atoms with E-state index in [2.05, 4.69) is 15.9 Å². The average molecular weight is 294 g/mol. The largest absolute Gasteiger partial charge is 0.298 e. The fourth-order valence-electron chi connectivity index (χ4n) is 1.07. The molecule has 0 spiro atoms. The number of benzene rings is 1. The van der Waals surface area contributed by atoms with Gasteiger partial charge in [-0.1, -0.05) is 15.9 Å². The van der Waals surface area contributed by atoms with Crippen LogP contribution in [-0.2, 0) is 11.2 Å². The van der Waals surface area contributed by atoms with Gasteiger partial charge in [0.2, 0.25) is 0 Å². The Bertz CT molecular complexity index is 341. The minimum absolute atomic E-state index is 0.0469. The van der Waals surface area contributed by atoms with Crippen LogP contribution >= 0.6 is 39.3 Å². The molecule has 1 rings (SSSR count). The second-order valence-electron chi connectivity index (χ2n) is 2.81. The first-order chi connectivity index (χ1) is 6.67. The molecule has 0 saturated heterocycles. The maximum atomic E-state index is 11.2. The summed E-state index contributed by atoms with van der Waals surface area (Å²) in [7, 11) is 0. The molecule has 0 aliphatic rings. The molecule has 0 aliphatic carbocycles. The number of carbonyl (C=O) groups excluding carboxylic acids is 1. The van der Waals surface area contributed by atoms with E-state index < -0.39 is 0 Å². The normalized spacial score (nSPS) is 10.2. The van der Waals surface area contributed by atoms with Gasteiger partial charge in [0.05, 0.1) is 5.88 Å². The summed E-state index contributed by atoms with van der Waals surface area (Å²) in [4.78, 5) is 12.3. The lowest BCUT2D eigenvalue weighted by atomic mass is 10.1. The van der Waals surface area contributed by atoms with E-state index in [1.165, 1.54) is 0 Å². The van der Waals surface area contributed by atoms with Crippen LogP contribution in [0.2, 0.25) is 0 Å². The SMILES string of the molecule is CSc1ccc(Br)c(CC(=O)CCl)c1. The van der Waals surface area contributed by atoms with E-state index in [1.54, 1.807) is 11.8 Å². The topological polar surface area (TPSA) is 17.1 Å². The number of hydrogen-bond donors (Lipinski definition) is 0. The molecule has 0 radical (unpaired) electrons. The fraction of sp³-hybridized carbons (Fsp3) is 0.300. The zero-order valence-electron chi connectivity index (χ0n) is 7.72. The smallest absolute Gasteiger partial charge is 0.151 e. The van der Waals surface area contributed by atoms with E-state index in [4.69, 9.17) is 11.6 Å². The van der Waals surface area contributed by atoms with E-state index in [1.807, 2.05) is 24.5 Å². The standard InChI is InChI=1S/C10H10BrClOS/c1-14-9-2-3-10(11)7(5-9)4-8(13)6-12/h2-3,5H,4,6H2,1H3. The van der Waals surface area contributed by atoms with Gasteiger partial charge in [0.1, 0.15) is 0 Å². The number of carbonyl (C=O) groups is 1. The summed E-state index contributed by atoms with van der Waals surface area (Å²) in [6, 6.07) is 5.99. The monoisotopic (exact) mass is 292 g/mol. The summed E-state index contributed by atoms with van der Waals surface area (Å²) < 4.78 is 0.966. The van der Waals surface area contributed by atoms with Crippen molar-refractivity contribution in [2.75, 3.05) is 12.1 Å². The molecule has 0 saturated carbocycles. The maximum Gasteiger partial charge on any atom is 0.151 e. The Labute approximate surface area is 101 Å². The maximum absolute atomic E-state index is 11.2. The van der Waals surface area contributed by atoms with Crippen LogP contribution in [-0.4, -0.2) is 17.9 Å². The molecule has 0 amide bonds. The van der Waals surface area contributed by atoms with Gasteiger partial charge >= 0.3 is 0 Å². The average Bonchev–Trinajstić information content (AvgIpc) is 2.21. The Morgan fingerprint density at radius 1 is 1.57 bits per heavy atom. The van der Waals surface area contributed by atoms with Crippen molar-refractivity contribution in [3.8, 4) is 0 Å². The van der Waals surface area contributed by atoms with Crippen molar-refractivity contribution in [3.63, 3.8) is 0 Å². The number of halogens is 2. The van der Waals surface area contributed by atoms with Crippen molar-refractivity contribution in [1.29, 1.82) is 0 Å². The second kappa shape index (κ2) is 5.79. The summed E-state index contributed by atoms with van der Waals surface area (Å²) >= 11 is 10.5. The second-order valence-corrected chi connectivity index (χ2v) is 4.81. The third-order valence-corrected chi connectivity index (χ3v) is 3.59. The zero-order chi connectivity index (χ0) is 10.6. The van der Waals surface area contributed by atoms with Gasteiger partial charge in [-0.2, -0.15) is 0 Å². The predicted molar refractivity (Wildman–Crippen MR) is 65.4 cm³/mol. The Morgan fingerprint density at radius 2 is 2.29 bits per heavy atom. The highest BCUT2D eigenvalue weighted by Gasteiger charge is 2.06. The lowest BCUT2D eigenvalue weighted by molar-refractivity contribution is -0.116. The van der Waals surface area contributed by atoms with Crippen LogP contribution in [0.1, 0.15) is 5.56 Å². The van der Waals surface area contributed by atoms with Gasteiger partial charge in [-0.05, 0) is 30.0 Å². The Hall–Kier alpha value is 0.01000. The molecule has 0 N–H and O–H groups in total. The summed E-state index contributed by atoms with van der Waals surface area (Å²) in [5, 5.41) is 0. The highest BCUT2D eigenvalue weighted by atomic mass is 79.9. The fourth-order valence-corrected chi connectivity index (χ4v) is 2.02. The summed E-state index contributed by atoms with van der Waals surface area (Å²) in [5.74, 6) is 0.126. The lowest BCUT2D eigenvalue weighted by Crippen LogP contribution is -2.04. The highest BCUT2D eigenvalue weighted by molar-refractivity contribution is 9.10. The van der Waals surface area contributed by atoms with Crippen molar-refractivity contribution in [1.82, 2.24) is 0 Å². The molecule has 0 bridgehead atoms. The molecule has 0 unspecified atom stereocenters. The van der Waals surface area contributed by atoms with Crippen LogP contribution in [0.3, 0.4) is 0 Å². The summed E-state index contributed by atoms with van der Waals surface area (Å²) in [5.41, 5.74) is 1.00. The molecule has 0 atom stereocenters. The number of Topliss-reactive ketones (excluding diaryl/α,β-unsaturated/α-hetero) is 1. The van der Waals surface area contributed by atoms with Gasteiger partial charge < -0.3 is 0 Å². The van der Waals surface area contributed by atoms with Crippen molar-refractivity contribution in [2.45, 2.75) is 11.3 Å². The van der Waals surface area contributed by atoms with E-state index in [9.17, 15) is 4.79 Å². The van der Waals surface area contributed by atoms with E-state index in [0.29, 0.717) is 6.42 Å². The number of rotatable bonds is 4. The number of ketones is 1. The molecule has 0 heterocycles. The van der Waals surface area contributed by atoms with E-state index >= 15 is 0 Å². The molecule has 1 aromatic carbocycles. The molecule has 76 valence electrons. The Morgan fingerprint density at radius 3 is 2.86 bits per heavy atom. The third kappa shape index (κ3) is 3.30. The molecule has 4 heteroatoms. The van der Waals surface area contributed by atoms with Crippen LogP contribution in [0.4, 0.5) is 0 Å². The van der Waals surface area contributed by atoms with E-state index in [-0.39, 0.29) is 11.7 Å².